The minimum atomic E-state index is -0.151. The Bertz CT molecular complexity index is 3770. The fourth-order valence-electron chi connectivity index (χ4n) is 12.5. The molecular formula is C63H47BN4. The van der Waals surface area contributed by atoms with Crippen LogP contribution in [0.4, 0.5) is 34.1 Å². The Morgan fingerprint density at radius 2 is 1.00 bits per heavy atom. The molecule has 0 fully saturated rings. The van der Waals surface area contributed by atoms with E-state index in [0.717, 1.165) is 34.1 Å². The van der Waals surface area contributed by atoms with Gasteiger partial charge >= 0.3 is 6.85 Å². The second-order valence-electron chi connectivity index (χ2n) is 19.3. The van der Waals surface area contributed by atoms with Gasteiger partial charge in [-0.2, -0.15) is 0 Å². The molecule has 2 atom stereocenters. The lowest BCUT2D eigenvalue weighted by Gasteiger charge is -2.33. The maximum absolute atomic E-state index is 2.75. The average Bonchev–Trinajstić information content (AvgIpc) is 3.98. The van der Waals surface area contributed by atoms with Crippen molar-refractivity contribution in [3.05, 3.63) is 248 Å². The van der Waals surface area contributed by atoms with E-state index >= 15 is 0 Å². The van der Waals surface area contributed by atoms with Gasteiger partial charge in [0.25, 0.3) is 0 Å². The molecule has 2 aromatic heterocycles. The predicted octanol–water partition coefficient (Wildman–Crippen LogP) is 14.9. The summed E-state index contributed by atoms with van der Waals surface area (Å²) in [6.45, 7) is 4.81. The van der Waals surface area contributed by atoms with Gasteiger partial charge in [0.1, 0.15) is 0 Å². The third-order valence-corrected chi connectivity index (χ3v) is 15.3. The Labute approximate surface area is 397 Å². The Morgan fingerprint density at radius 3 is 1.68 bits per heavy atom. The van der Waals surface area contributed by atoms with E-state index < -0.39 is 0 Å². The van der Waals surface area contributed by atoms with E-state index in [1.165, 1.54) is 71.4 Å². The lowest BCUT2D eigenvalue weighted by molar-refractivity contribution is 0.396. The van der Waals surface area contributed by atoms with Crippen LogP contribution in [0.1, 0.15) is 30.9 Å². The van der Waals surface area contributed by atoms with Gasteiger partial charge < -0.3 is 18.8 Å². The minimum absolute atomic E-state index is 0.107. The first-order chi connectivity index (χ1) is 33.5. The number of rotatable bonds is 7. The summed E-state index contributed by atoms with van der Waals surface area (Å²) in [5.74, 6) is 0.713. The fourth-order valence-corrected chi connectivity index (χ4v) is 12.5. The summed E-state index contributed by atoms with van der Waals surface area (Å²) in [6, 6.07) is 78.5. The van der Waals surface area contributed by atoms with Crippen molar-refractivity contribution in [3.8, 4) is 5.69 Å². The standard InChI is InChI=1S/C63H47BN4/c1-63(2)54-31-17-15-29-48(54)50-36-37-51-49-30-16-19-33-58(49)68(62(51)60(50)63)64-55-32-18-20-34-59(55)67-57-38-35-46(65(42-21-7-3-8-22-42)43-23-9-4-10-24-43)39-52(57)53-40-47(41-56(64)61(53)67)66(44-25-11-5-12-26-44)45-27-13-6-14-28-45/h3-41,48,54H,1-2H3. The number of anilines is 6. The number of benzene rings is 9. The molecule has 5 heteroatoms. The highest BCUT2D eigenvalue weighted by molar-refractivity contribution is 6.88. The highest BCUT2D eigenvalue weighted by Crippen LogP contribution is 2.56. The van der Waals surface area contributed by atoms with Crippen molar-refractivity contribution in [3.63, 3.8) is 0 Å². The summed E-state index contributed by atoms with van der Waals surface area (Å²) in [4.78, 5) is 4.82. The van der Waals surface area contributed by atoms with E-state index in [0.29, 0.717) is 11.8 Å². The largest absolute Gasteiger partial charge is 0.376 e. The third kappa shape index (κ3) is 5.56. The quantitative estimate of drug-likeness (QED) is 0.148. The maximum atomic E-state index is 2.75. The molecule has 0 saturated heterocycles. The molecule has 0 radical (unpaired) electrons. The van der Waals surface area contributed by atoms with E-state index in [4.69, 9.17) is 0 Å². The molecule has 0 amide bonds. The lowest BCUT2D eigenvalue weighted by atomic mass is 9.48. The number of hydrogen-bond donors (Lipinski definition) is 0. The van der Waals surface area contributed by atoms with Crippen LogP contribution in [0.3, 0.4) is 0 Å². The molecule has 14 rings (SSSR count). The summed E-state index contributed by atoms with van der Waals surface area (Å²) >= 11 is 0. The van der Waals surface area contributed by atoms with Crippen LogP contribution in [-0.4, -0.2) is 15.9 Å². The van der Waals surface area contributed by atoms with Crippen LogP contribution in [0, 0.1) is 5.92 Å². The van der Waals surface area contributed by atoms with Crippen molar-refractivity contribution in [1.82, 2.24) is 9.05 Å². The van der Waals surface area contributed by atoms with Gasteiger partial charge in [0, 0.05) is 78.3 Å². The van der Waals surface area contributed by atoms with Crippen molar-refractivity contribution in [2.45, 2.75) is 25.2 Å². The van der Waals surface area contributed by atoms with Gasteiger partial charge in [-0.05, 0) is 124 Å². The summed E-state index contributed by atoms with van der Waals surface area (Å²) < 4.78 is 5.32. The molecule has 3 heterocycles. The number of aromatic nitrogens is 2. The van der Waals surface area contributed by atoms with Crippen LogP contribution in [-0.2, 0) is 5.41 Å². The van der Waals surface area contributed by atoms with Crippen LogP contribution in [0.2, 0.25) is 0 Å². The highest BCUT2D eigenvalue weighted by atomic mass is 15.2. The van der Waals surface area contributed by atoms with Crippen LogP contribution < -0.4 is 20.7 Å². The Hall–Kier alpha value is -8.28. The predicted molar refractivity (Wildman–Crippen MR) is 288 cm³/mol. The smallest absolute Gasteiger partial charge is 0.332 e. The molecule has 11 aromatic rings. The number of fused-ring (bicyclic) bond motifs is 12. The van der Waals surface area contributed by atoms with Crippen molar-refractivity contribution in [1.29, 1.82) is 0 Å². The SMILES string of the molecule is CC1(C)c2c(ccc3c4ccccc4n(B4c5ccccc5-n5c6ccc(N(c7ccccc7)c7ccccc7)cc6c6cc(N(c7ccccc7)c7ccccc7)cc4c65)c23)C2C=CC=CC21. The van der Waals surface area contributed by atoms with Gasteiger partial charge in [-0.1, -0.05) is 159 Å². The molecule has 0 spiro atoms. The molecule has 0 bridgehead atoms. The zero-order valence-electron chi connectivity index (χ0n) is 38.0. The summed E-state index contributed by atoms with van der Waals surface area (Å²) in [5, 5.41) is 5.04. The topological polar surface area (TPSA) is 16.3 Å². The first kappa shape index (κ1) is 38.9. The van der Waals surface area contributed by atoms with Gasteiger partial charge in [-0.3, -0.25) is 0 Å². The molecule has 4 nitrogen and oxygen atoms in total. The van der Waals surface area contributed by atoms with Crippen molar-refractivity contribution in [2.75, 3.05) is 9.80 Å². The van der Waals surface area contributed by atoms with Crippen LogP contribution >= 0.6 is 0 Å². The van der Waals surface area contributed by atoms with Gasteiger partial charge in [0.05, 0.1) is 11.0 Å². The van der Waals surface area contributed by atoms with Crippen molar-refractivity contribution < 1.29 is 0 Å². The minimum Gasteiger partial charge on any atom is -0.376 e. The van der Waals surface area contributed by atoms with E-state index in [9.17, 15) is 0 Å². The summed E-state index contributed by atoms with van der Waals surface area (Å²) in [7, 11) is 0. The Kier molecular flexibility index (Phi) is 8.51. The Morgan fingerprint density at radius 1 is 0.426 bits per heavy atom. The second-order valence-corrected chi connectivity index (χ2v) is 19.3. The fraction of sp³-hybridized carbons (Fsp3) is 0.0794. The van der Waals surface area contributed by atoms with E-state index in [2.05, 4.69) is 269 Å². The first-order valence-electron chi connectivity index (χ1n) is 24.0. The first-order valence-corrected chi connectivity index (χ1v) is 24.0. The molecular weight excluding hydrogens is 824 g/mol. The molecule has 0 saturated carbocycles. The maximum Gasteiger partial charge on any atom is 0.332 e. The summed E-state index contributed by atoms with van der Waals surface area (Å²) in [6.07, 6.45) is 9.40. The van der Waals surface area contributed by atoms with Gasteiger partial charge in [0.2, 0.25) is 0 Å². The average molecular weight is 871 g/mol. The van der Waals surface area contributed by atoms with Gasteiger partial charge in [0.15, 0.2) is 0 Å². The lowest BCUT2D eigenvalue weighted by Crippen LogP contribution is -2.53. The highest BCUT2D eigenvalue weighted by Gasteiger charge is 2.47. The molecule has 3 aliphatic rings. The summed E-state index contributed by atoms with van der Waals surface area (Å²) in [5.41, 5.74) is 18.3. The van der Waals surface area contributed by atoms with Crippen LogP contribution in [0.5, 0.6) is 0 Å². The molecule has 0 N–H and O–H groups in total. The molecule has 322 valence electrons. The van der Waals surface area contributed by atoms with Crippen molar-refractivity contribution in [2.24, 2.45) is 5.92 Å². The monoisotopic (exact) mass is 870 g/mol. The van der Waals surface area contributed by atoms with Crippen molar-refractivity contribution >= 4 is 95.5 Å². The Balaban J connectivity index is 1.13. The zero-order valence-corrected chi connectivity index (χ0v) is 38.0. The van der Waals surface area contributed by atoms with Crippen LogP contribution in [0.25, 0.3) is 49.3 Å². The van der Waals surface area contributed by atoms with E-state index in [1.807, 2.05) is 0 Å². The number of hydrogen-bond acceptors (Lipinski definition) is 2. The number of para-hydroxylation sites is 6. The van der Waals surface area contributed by atoms with Gasteiger partial charge in [-0.25, -0.2) is 0 Å². The zero-order chi connectivity index (χ0) is 45.1. The molecule has 2 aliphatic carbocycles. The van der Waals surface area contributed by atoms with E-state index in [-0.39, 0.29) is 12.3 Å². The number of nitrogens with zero attached hydrogens (tertiary/aromatic N) is 4. The van der Waals surface area contributed by atoms with Crippen LogP contribution in [0.15, 0.2) is 237 Å². The van der Waals surface area contributed by atoms with E-state index in [1.54, 1.807) is 0 Å². The normalized spacial score (nSPS) is 16.4. The molecule has 68 heavy (non-hydrogen) atoms. The second kappa shape index (κ2) is 14.9. The third-order valence-electron chi connectivity index (χ3n) is 15.3. The molecule has 2 unspecified atom stereocenters. The van der Waals surface area contributed by atoms with Gasteiger partial charge in [-0.15, -0.1) is 0 Å². The molecule has 1 aliphatic heterocycles. The molecule has 9 aromatic carbocycles. The number of allylic oxidation sites excluding steroid dienone is 4.